The molecule has 7 nitrogen and oxygen atoms in total. The third-order valence-electron chi connectivity index (χ3n) is 5.09. The highest BCUT2D eigenvalue weighted by Crippen LogP contribution is 2.40. The van der Waals surface area contributed by atoms with Gasteiger partial charge >= 0.3 is 0 Å². The highest BCUT2D eigenvalue weighted by atomic mass is 19.2. The van der Waals surface area contributed by atoms with Gasteiger partial charge in [-0.2, -0.15) is 0 Å². The Hall–Kier alpha value is -3.60. The molecule has 0 unspecified atom stereocenters. The lowest BCUT2D eigenvalue weighted by molar-refractivity contribution is -0.0185. The van der Waals surface area contributed by atoms with Crippen LogP contribution in [0.1, 0.15) is 24.2 Å². The molecule has 0 aliphatic rings. The third kappa shape index (κ3) is 3.79. The zero-order valence-corrected chi connectivity index (χ0v) is 16.0. The summed E-state index contributed by atoms with van der Waals surface area (Å²) in [6.45, 7) is 1.20. The fraction of sp³-hybridized carbons (Fsp3) is 0.200. The summed E-state index contributed by atoms with van der Waals surface area (Å²) in [6, 6.07) is 7.66. The average Bonchev–Trinajstić information content (AvgIpc) is 3.41. The van der Waals surface area contributed by atoms with Crippen LogP contribution in [0.3, 0.4) is 0 Å². The first-order chi connectivity index (χ1) is 14.8. The third-order valence-corrected chi connectivity index (χ3v) is 5.09. The van der Waals surface area contributed by atoms with E-state index in [1.165, 1.54) is 36.1 Å². The predicted molar refractivity (Wildman–Crippen MR) is 98.3 cm³/mol. The van der Waals surface area contributed by atoms with E-state index in [-0.39, 0.29) is 29.1 Å². The number of nitrogens with zero attached hydrogens (tertiary/aromatic N) is 5. The van der Waals surface area contributed by atoms with Gasteiger partial charge in [0.15, 0.2) is 11.6 Å². The second kappa shape index (κ2) is 7.91. The molecule has 0 saturated carbocycles. The van der Waals surface area contributed by atoms with Crippen molar-refractivity contribution in [3.05, 3.63) is 83.4 Å². The first-order valence-electron chi connectivity index (χ1n) is 9.09. The van der Waals surface area contributed by atoms with Crippen LogP contribution in [0.15, 0.2) is 53.3 Å². The Kier molecular flexibility index (Phi) is 5.27. The molecule has 0 amide bonds. The number of hydrogen-bond donors (Lipinski definition) is 1. The number of aromatic nitrogens is 5. The quantitative estimate of drug-likeness (QED) is 0.468. The van der Waals surface area contributed by atoms with Gasteiger partial charge in [-0.1, -0.05) is 24.2 Å². The SMILES string of the molecule is C[C@@H](c1cc(-c2cccc(F)c2F)no1)[C@](O)(Cn1cnnn1)c1ccc(F)cc1F. The van der Waals surface area contributed by atoms with E-state index in [1.807, 2.05) is 0 Å². The maximum atomic E-state index is 14.6. The van der Waals surface area contributed by atoms with Gasteiger partial charge in [-0.15, -0.1) is 5.10 Å². The predicted octanol–water partition coefficient (Wildman–Crippen LogP) is 3.58. The molecule has 0 spiro atoms. The summed E-state index contributed by atoms with van der Waals surface area (Å²) in [6.07, 6.45) is 1.22. The maximum Gasteiger partial charge on any atom is 0.168 e. The van der Waals surface area contributed by atoms with Crippen molar-refractivity contribution in [2.75, 3.05) is 0 Å². The van der Waals surface area contributed by atoms with Gasteiger partial charge in [-0.3, -0.25) is 0 Å². The summed E-state index contributed by atoms with van der Waals surface area (Å²) in [4.78, 5) is 0. The van der Waals surface area contributed by atoms with Crippen LogP contribution < -0.4 is 0 Å². The van der Waals surface area contributed by atoms with Crippen molar-refractivity contribution in [3.63, 3.8) is 0 Å². The van der Waals surface area contributed by atoms with E-state index in [2.05, 4.69) is 20.7 Å². The largest absolute Gasteiger partial charge is 0.382 e. The number of tetrazole rings is 1. The molecular weight excluding hydrogens is 418 g/mol. The van der Waals surface area contributed by atoms with E-state index in [1.54, 1.807) is 0 Å². The molecule has 0 saturated heterocycles. The first-order valence-corrected chi connectivity index (χ1v) is 9.09. The number of halogens is 4. The van der Waals surface area contributed by atoms with Gasteiger partial charge in [-0.05, 0) is 28.6 Å². The normalized spacial score (nSPS) is 14.4. The molecule has 11 heteroatoms. The highest BCUT2D eigenvalue weighted by Gasteiger charge is 2.42. The molecule has 160 valence electrons. The van der Waals surface area contributed by atoms with Gasteiger partial charge in [0.05, 0.1) is 12.5 Å². The minimum absolute atomic E-state index is 0.0109. The van der Waals surface area contributed by atoms with Crippen LogP contribution >= 0.6 is 0 Å². The molecule has 0 bridgehead atoms. The molecule has 4 aromatic rings. The minimum atomic E-state index is -2.01. The van der Waals surface area contributed by atoms with Crippen molar-refractivity contribution in [1.29, 1.82) is 0 Å². The topological polar surface area (TPSA) is 89.9 Å². The van der Waals surface area contributed by atoms with E-state index < -0.39 is 34.8 Å². The molecule has 2 aromatic carbocycles. The lowest BCUT2D eigenvalue weighted by Crippen LogP contribution is -2.38. The molecule has 31 heavy (non-hydrogen) atoms. The van der Waals surface area contributed by atoms with Crippen molar-refractivity contribution >= 4 is 0 Å². The lowest BCUT2D eigenvalue weighted by atomic mass is 9.80. The Bertz CT molecular complexity index is 1210. The minimum Gasteiger partial charge on any atom is -0.382 e. The van der Waals surface area contributed by atoms with Crippen molar-refractivity contribution < 1.29 is 27.2 Å². The number of rotatable bonds is 6. The number of aliphatic hydroxyl groups is 1. The standard InChI is InChI=1S/C20H15F4N5O2/c1-11(18-8-17(26-31-18)13-3-2-4-15(22)19(13)24)20(30,9-29-10-25-27-28-29)14-6-5-12(21)7-16(14)23/h2-8,10-11,30H,9H2,1H3/t11-,20+/m0/s1. The van der Waals surface area contributed by atoms with Gasteiger partial charge in [0.25, 0.3) is 0 Å². The molecule has 0 fully saturated rings. The molecule has 0 aliphatic carbocycles. The maximum absolute atomic E-state index is 14.6. The van der Waals surface area contributed by atoms with Crippen LogP contribution in [0.2, 0.25) is 0 Å². The monoisotopic (exact) mass is 433 g/mol. The van der Waals surface area contributed by atoms with Crippen LogP contribution in [0.4, 0.5) is 17.6 Å². The molecule has 0 radical (unpaired) electrons. The highest BCUT2D eigenvalue weighted by molar-refractivity contribution is 5.60. The zero-order valence-electron chi connectivity index (χ0n) is 16.0. The van der Waals surface area contributed by atoms with Crippen molar-refractivity contribution in [2.24, 2.45) is 0 Å². The van der Waals surface area contributed by atoms with Gasteiger partial charge < -0.3 is 9.63 Å². The summed E-state index contributed by atoms with van der Waals surface area (Å²) >= 11 is 0. The van der Waals surface area contributed by atoms with E-state index in [0.29, 0.717) is 6.07 Å². The molecule has 2 aromatic heterocycles. The second-order valence-electron chi connectivity index (χ2n) is 6.99. The molecule has 0 aliphatic heterocycles. The molecule has 4 rings (SSSR count). The number of hydrogen-bond acceptors (Lipinski definition) is 6. The number of benzene rings is 2. The van der Waals surface area contributed by atoms with Gasteiger partial charge in [-0.25, -0.2) is 22.2 Å². The summed E-state index contributed by atoms with van der Waals surface area (Å²) in [7, 11) is 0. The molecule has 2 atom stereocenters. The Balaban J connectivity index is 1.77. The van der Waals surface area contributed by atoms with E-state index in [9.17, 15) is 22.7 Å². The zero-order chi connectivity index (χ0) is 22.2. The second-order valence-corrected chi connectivity index (χ2v) is 6.99. The fourth-order valence-electron chi connectivity index (χ4n) is 3.35. The van der Waals surface area contributed by atoms with Crippen LogP contribution in [-0.4, -0.2) is 30.5 Å². The summed E-state index contributed by atoms with van der Waals surface area (Å²) < 4.78 is 62.2. The fourth-order valence-corrected chi connectivity index (χ4v) is 3.35. The van der Waals surface area contributed by atoms with Crippen molar-refractivity contribution in [3.8, 4) is 11.3 Å². The smallest absolute Gasteiger partial charge is 0.168 e. The Morgan fingerprint density at radius 3 is 2.61 bits per heavy atom. The summed E-state index contributed by atoms with van der Waals surface area (Å²) in [5.41, 5.74) is -2.39. The van der Waals surface area contributed by atoms with Crippen molar-refractivity contribution in [1.82, 2.24) is 25.4 Å². The molecule has 2 heterocycles. The van der Waals surface area contributed by atoms with Gasteiger partial charge in [0, 0.05) is 23.3 Å². The van der Waals surface area contributed by atoms with E-state index in [0.717, 1.165) is 18.2 Å². The van der Waals surface area contributed by atoms with Crippen LogP contribution in [0.25, 0.3) is 11.3 Å². The Labute approximate surface area is 172 Å². The van der Waals surface area contributed by atoms with Gasteiger partial charge in [0.1, 0.15) is 35.0 Å². The van der Waals surface area contributed by atoms with E-state index in [4.69, 9.17) is 4.52 Å². The molecule has 1 N–H and O–H groups in total. The Morgan fingerprint density at radius 2 is 1.90 bits per heavy atom. The van der Waals surface area contributed by atoms with E-state index >= 15 is 0 Å². The summed E-state index contributed by atoms with van der Waals surface area (Å²) in [5.74, 6) is -4.89. The molecular formula is C20H15F4N5O2. The van der Waals surface area contributed by atoms with Gasteiger partial charge in [0.2, 0.25) is 0 Å². The first kappa shape index (κ1) is 20.7. The van der Waals surface area contributed by atoms with Crippen LogP contribution in [0.5, 0.6) is 0 Å². The lowest BCUT2D eigenvalue weighted by Gasteiger charge is -2.33. The van der Waals surface area contributed by atoms with Crippen LogP contribution in [0, 0.1) is 23.3 Å². The van der Waals surface area contributed by atoms with Crippen molar-refractivity contribution in [2.45, 2.75) is 25.0 Å². The Morgan fingerprint density at radius 1 is 1.10 bits per heavy atom. The summed E-state index contributed by atoms with van der Waals surface area (Å²) in [5, 5.41) is 25.9. The van der Waals surface area contributed by atoms with Crippen LogP contribution in [-0.2, 0) is 12.1 Å². The average molecular weight is 433 g/mol.